The average Bonchev–Trinajstić information content (AvgIpc) is 2.34. The summed E-state index contributed by atoms with van der Waals surface area (Å²) < 4.78 is 11.2. The van der Waals surface area contributed by atoms with Crippen LogP contribution in [-0.2, 0) is 4.74 Å². The summed E-state index contributed by atoms with van der Waals surface area (Å²) in [6.07, 6.45) is 0. The molecule has 2 rings (SSSR count). The molecule has 1 aromatic rings. The van der Waals surface area contributed by atoms with Crippen molar-refractivity contribution in [3.63, 3.8) is 0 Å². The van der Waals surface area contributed by atoms with Crippen LogP contribution in [0.25, 0.3) is 0 Å². The first-order chi connectivity index (χ1) is 8.66. The highest BCUT2D eigenvalue weighted by molar-refractivity contribution is 5.52. The third-order valence-corrected chi connectivity index (χ3v) is 3.24. The Labute approximate surface area is 109 Å². The van der Waals surface area contributed by atoms with Gasteiger partial charge in [-0.25, -0.2) is 0 Å². The molecule has 1 aromatic carbocycles. The molecule has 0 unspecified atom stereocenters. The molecule has 0 spiro atoms. The zero-order valence-electron chi connectivity index (χ0n) is 11.2. The second-order valence-corrected chi connectivity index (χ2v) is 4.79. The molecule has 1 fully saturated rings. The van der Waals surface area contributed by atoms with Crippen molar-refractivity contribution in [2.45, 2.75) is 13.8 Å². The van der Waals surface area contributed by atoms with Crippen molar-refractivity contribution in [2.75, 3.05) is 45.2 Å². The van der Waals surface area contributed by atoms with Crippen LogP contribution in [0.15, 0.2) is 12.1 Å². The van der Waals surface area contributed by atoms with Crippen LogP contribution in [0.4, 0.5) is 5.69 Å². The largest absolute Gasteiger partial charge is 0.492 e. The molecule has 0 radical (unpaired) electrons. The van der Waals surface area contributed by atoms with Gasteiger partial charge in [0.05, 0.1) is 13.2 Å². The fourth-order valence-electron chi connectivity index (χ4n) is 2.31. The Hall–Kier alpha value is -1.26. The van der Waals surface area contributed by atoms with Crippen LogP contribution in [-0.4, -0.2) is 44.4 Å². The van der Waals surface area contributed by atoms with E-state index < -0.39 is 0 Å². The van der Waals surface area contributed by atoms with Gasteiger partial charge in [0.25, 0.3) is 0 Å². The highest BCUT2D eigenvalue weighted by atomic mass is 16.5. The minimum Gasteiger partial charge on any atom is -0.492 e. The van der Waals surface area contributed by atoms with Crippen LogP contribution >= 0.6 is 0 Å². The Balaban J connectivity index is 1.86. The topological polar surface area (TPSA) is 47.7 Å². The van der Waals surface area contributed by atoms with Crippen LogP contribution < -0.4 is 10.5 Å². The Kier molecular flexibility index (Phi) is 4.44. The molecule has 0 aromatic heterocycles. The Morgan fingerprint density at radius 1 is 1.22 bits per heavy atom. The number of ether oxygens (including phenoxy) is 2. The van der Waals surface area contributed by atoms with Gasteiger partial charge in [0, 0.05) is 25.3 Å². The van der Waals surface area contributed by atoms with E-state index in [1.165, 1.54) is 0 Å². The number of benzene rings is 1. The van der Waals surface area contributed by atoms with Crippen LogP contribution in [0.1, 0.15) is 11.1 Å². The smallest absolute Gasteiger partial charge is 0.125 e. The van der Waals surface area contributed by atoms with E-state index in [1.54, 1.807) is 0 Å². The number of nitrogens with two attached hydrogens (primary N) is 1. The van der Waals surface area contributed by atoms with Crippen LogP contribution in [0.3, 0.4) is 0 Å². The molecule has 100 valence electrons. The van der Waals surface area contributed by atoms with Gasteiger partial charge in [0.1, 0.15) is 12.4 Å². The molecule has 0 aliphatic carbocycles. The molecule has 4 heteroatoms. The number of morpholine rings is 1. The van der Waals surface area contributed by atoms with E-state index in [2.05, 4.69) is 4.90 Å². The minimum absolute atomic E-state index is 0.714. The summed E-state index contributed by atoms with van der Waals surface area (Å²) in [7, 11) is 0. The van der Waals surface area contributed by atoms with Crippen LogP contribution in [0.5, 0.6) is 5.75 Å². The fourth-order valence-corrected chi connectivity index (χ4v) is 2.31. The summed E-state index contributed by atoms with van der Waals surface area (Å²) in [5, 5.41) is 0. The van der Waals surface area contributed by atoms with Gasteiger partial charge in [-0.3, -0.25) is 4.90 Å². The lowest BCUT2D eigenvalue weighted by Crippen LogP contribution is -2.38. The summed E-state index contributed by atoms with van der Waals surface area (Å²) in [6, 6.07) is 3.91. The SMILES string of the molecule is Cc1cc(N)cc(C)c1OCCN1CCOCC1. The third kappa shape index (κ3) is 3.37. The first-order valence-corrected chi connectivity index (χ1v) is 6.46. The molecule has 1 aliphatic heterocycles. The molecule has 0 atom stereocenters. The fraction of sp³-hybridized carbons (Fsp3) is 0.571. The van der Waals surface area contributed by atoms with E-state index in [-0.39, 0.29) is 0 Å². The van der Waals surface area contributed by atoms with Gasteiger partial charge in [0.15, 0.2) is 0 Å². The Morgan fingerprint density at radius 2 is 1.83 bits per heavy atom. The predicted octanol–water partition coefficient (Wildman–Crippen LogP) is 1.60. The lowest BCUT2D eigenvalue weighted by atomic mass is 10.1. The monoisotopic (exact) mass is 250 g/mol. The summed E-state index contributed by atoms with van der Waals surface area (Å²) >= 11 is 0. The molecule has 0 bridgehead atoms. The second kappa shape index (κ2) is 6.07. The van der Waals surface area contributed by atoms with Crippen molar-refractivity contribution >= 4 is 5.69 Å². The number of hydrogen-bond donors (Lipinski definition) is 1. The maximum Gasteiger partial charge on any atom is 0.125 e. The lowest BCUT2D eigenvalue weighted by molar-refractivity contribution is 0.0322. The van der Waals surface area contributed by atoms with E-state index >= 15 is 0 Å². The molecule has 4 nitrogen and oxygen atoms in total. The van der Waals surface area contributed by atoms with Crippen molar-refractivity contribution in [1.29, 1.82) is 0 Å². The van der Waals surface area contributed by atoms with Gasteiger partial charge in [-0.05, 0) is 37.1 Å². The second-order valence-electron chi connectivity index (χ2n) is 4.79. The molecular weight excluding hydrogens is 228 g/mol. The predicted molar refractivity (Wildman–Crippen MR) is 73.1 cm³/mol. The number of aryl methyl sites for hydroxylation is 2. The first kappa shape index (κ1) is 13.2. The van der Waals surface area contributed by atoms with Gasteiger partial charge in [-0.2, -0.15) is 0 Å². The molecule has 2 N–H and O–H groups in total. The van der Waals surface area contributed by atoms with Crippen molar-refractivity contribution in [1.82, 2.24) is 4.90 Å². The van der Waals surface area contributed by atoms with E-state index in [0.29, 0.717) is 6.61 Å². The standard InChI is InChI=1S/C14H22N2O2/c1-11-9-13(15)10-12(2)14(11)18-8-5-16-3-6-17-7-4-16/h9-10H,3-8,15H2,1-2H3. The van der Waals surface area contributed by atoms with Gasteiger partial charge in [-0.15, -0.1) is 0 Å². The molecule has 0 saturated carbocycles. The summed E-state index contributed by atoms with van der Waals surface area (Å²) in [4.78, 5) is 2.37. The number of nitrogen functional groups attached to an aromatic ring is 1. The number of nitrogens with zero attached hydrogens (tertiary/aromatic N) is 1. The maximum absolute atomic E-state index is 5.89. The van der Waals surface area contributed by atoms with Crippen molar-refractivity contribution < 1.29 is 9.47 Å². The van der Waals surface area contributed by atoms with Crippen molar-refractivity contribution in [3.8, 4) is 5.75 Å². The van der Waals surface area contributed by atoms with Gasteiger partial charge in [0.2, 0.25) is 0 Å². The number of anilines is 1. The van der Waals surface area contributed by atoms with E-state index in [4.69, 9.17) is 15.2 Å². The average molecular weight is 250 g/mol. The van der Waals surface area contributed by atoms with Crippen LogP contribution in [0.2, 0.25) is 0 Å². The maximum atomic E-state index is 5.89. The van der Waals surface area contributed by atoms with Gasteiger partial charge in [-0.1, -0.05) is 0 Å². The quantitative estimate of drug-likeness (QED) is 0.825. The molecule has 0 amide bonds. The minimum atomic E-state index is 0.714. The highest BCUT2D eigenvalue weighted by Gasteiger charge is 2.11. The van der Waals surface area contributed by atoms with Crippen molar-refractivity contribution in [2.24, 2.45) is 0 Å². The Bertz CT molecular complexity index is 378. The lowest BCUT2D eigenvalue weighted by Gasteiger charge is -2.26. The van der Waals surface area contributed by atoms with Gasteiger partial charge >= 0.3 is 0 Å². The first-order valence-electron chi connectivity index (χ1n) is 6.46. The highest BCUT2D eigenvalue weighted by Crippen LogP contribution is 2.25. The van der Waals surface area contributed by atoms with Gasteiger partial charge < -0.3 is 15.2 Å². The molecule has 1 aliphatic rings. The number of rotatable bonds is 4. The number of hydrogen-bond acceptors (Lipinski definition) is 4. The zero-order valence-corrected chi connectivity index (χ0v) is 11.2. The van der Waals surface area contributed by atoms with Crippen molar-refractivity contribution in [3.05, 3.63) is 23.3 Å². The normalized spacial score (nSPS) is 16.8. The zero-order chi connectivity index (χ0) is 13.0. The molecule has 18 heavy (non-hydrogen) atoms. The third-order valence-electron chi connectivity index (χ3n) is 3.24. The Morgan fingerprint density at radius 3 is 2.44 bits per heavy atom. The van der Waals surface area contributed by atoms with Crippen LogP contribution in [0, 0.1) is 13.8 Å². The van der Waals surface area contributed by atoms with E-state index in [9.17, 15) is 0 Å². The summed E-state index contributed by atoms with van der Waals surface area (Å²) in [5.74, 6) is 0.970. The molecular formula is C14H22N2O2. The van der Waals surface area contributed by atoms with E-state index in [0.717, 1.165) is 55.4 Å². The van der Waals surface area contributed by atoms with E-state index in [1.807, 2.05) is 26.0 Å². The molecule has 1 heterocycles. The summed E-state index contributed by atoms with van der Waals surface area (Å²) in [6.45, 7) is 9.41. The summed E-state index contributed by atoms with van der Waals surface area (Å²) in [5.41, 5.74) is 8.81. The molecule has 1 saturated heterocycles.